The van der Waals surface area contributed by atoms with Crippen LogP contribution < -0.4 is 10.6 Å². The van der Waals surface area contributed by atoms with Gasteiger partial charge in [-0.05, 0) is 77.1 Å². The van der Waals surface area contributed by atoms with E-state index in [0.29, 0.717) is 22.8 Å². The first-order valence-electron chi connectivity index (χ1n) is 9.52. The van der Waals surface area contributed by atoms with Gasteiger partial charge in [-0.2, -0.15) is 5.10 Å². The summed E-state index contributed by atoms with van der Waals surface area (Å²) >= 11 is 0. The second-order valence-electron chi connectivity index (χ2n) is 7.90. The maximum absolute atomic E-state index is 12.5. The highest BCUT2D eigenvalue weighted by Crippen LogP contribution is 2.17. The van der Waals surface area contributed by atoms with E-state index in [1.807, 2.05) is 19.9 Å². The Hall–Kier alpha value is -3.68. The Morgan fingerprint density at radius 2 is 1.60 bits per heavy atom. The molecular formula is C22H25N5O3. The zero-order chi connectivity index (χ0) is 21.9. The van der Waals surface area contributed by atoms with Gasteiger partial charge in [0.15, 0.2) is 5.82 Å². The van der Waals surface area contributed by atoms with Crippen LogP contribution in [0.25, 0.3) is 5.82 Å². The van der Waals surface area contributed by atoms with E-state index in [-0.39, 0.29) is 5.91 Å². The van der Waals surface area contributed by atoms with E-state index >= 15 is 0 Å². The number of pyridine rings is 1. The van der Waals surface area contributed by atoms with Gasteiger partial charge in [-0.25, -0.2) is 14.5 Å². The minimum Gasteiger partial charge on any atom is -0.444 e. The maximum Gasteiger partial charge on any atom is 0.412 e. The van der Waals surface area contributed by atoms with E-state index in [1.165, 1.54) is 6.20 Å². The lowest BCUT2D eigenvalue weighted by atomic mass is 10.2. The fourth-order valence-electron chi connectivity index (χ4n) is 2.77. The molecule has 8 nitrogen and oxygen atoms in total. The molecule has 2 N–H and O–H groups in total. The highest BCUT2D eigenvalue weighted by molar-refractivity contribution is 6.04. The summed E-state index contributed by atoms with van der Waals surface area (Å²) in [6.07, 6.45) is 0.979. The molecule has 0 unspecified atom stereocenters. The predicted molar refractivity (Wildman–Crippen MR) is 115 cm³/mol. The van der Waals surface area contributed by atoms with Crippen molar-refractivity contribution in [3.05, 3.63) is 65.6 Å². The van der Waals surface area contributed by atoms with Crippen LogP contribution in [-0.4, -0.2) is 32.4 Å². The lowest BCUT2D eigenvalue weighted by Gasteiger charge is -2.19. The molecule has 0 aliphatic heterocycles. The van der Waals surface area contributed by atoms with Gasteiger partial charge >= 0.3 is 6.09 Å². The van der Waals surface area contributed by atoms with Crippen molar-refractivity contribution in [1.82, 2.24) is 14.8 Å². The molecular weight excluding hydrogens is 382 g/mol. The van der Waals surface area contributed by atoms with Crippen molar-refractivity contribution < 1.29 is 14.3 Å². The standard InChI is InChI=1S/C22H25N5O3/c1-14-12-15(2)27(26-14)19-11-6-16(13-23-19)20(28)24-17-7-9-18(10-8-17)25-21(29)30-22(3,4)5/h6-13H,1-5H3,(H,24,28)(H,25,29). The largest absolute Gasteiger partial charge is 0.444 e. The van der Waals surface area contributed by atoms with Crippen LogP contribution in [0.1, 0.15) is 42.5 Å². The zero-order valence-electron chi connectivity index (χ0n) is 17.7. The Balaban J connectivity index is 1.62. The van der Waals surface area contributed by atoms with Crippen molar-refractivity contribution in [1.29, 1.82) is 0 Å². The first-order valence-corrected chi connectivity index (χ1v) is 9.52. The van der Waals surface area contributed by atoms with Gasteiger partial charge in [0, 0.05) is 23.3 Å². The third-order valence-corrected chi connectivity index (χ3v) is 4.02. The molecule has 0 atom stereocenters. The van der Waals surface area contributed by atoms with Crippen LogP contribution >= 0.6 is 0 Å². The number of hydrogen-bond acceptors (Lipinski definition) is 5. The number of benzene rings is 1. The molecule has 3 rings (SSSR count). The minimum absolute atomic E-state index is 0.282. The molecule has 0 saturated heterocycles. The lowest BCUT2D eigenvalue weighted by Crippen LogP contribution is -2.27. The molecule has 30 heavy (non-hydrogen) atoms. The second kappa shape index (κ2) is 8.36. The molecule has 0 radical (unpaired) electrons. The quantitative estimate of drug-likeness (QED) is 0.664. The van der Waals surface area contributed by atoms with Crippen molar-refractivity contribution in [3.8, 4) is 5.82 Å². The van der Waals surface area contributed by atoms with Crippen molar-refractivity contribution in [2.24, 2.45) is 0 Å². The van der Waals surface area contributed by atoms with E-state index < -0.39 is 11.7 Å². The molecule has 0 bridgehead atoms. The van der Waals surface area contributed by atoms with Gasteiger partial charge in [0.25, 0.3) is 5.91 Å². The summed E-state index contributed by atoms with van der Waals surface area (Å²) in [5, 5.41) is 9.84. The Bertz CT molecular complexity index is 1050. The van der Waals surface area contributed by atoms with Crippen LogP contribution in [0.3, 0.4) is 0 Å². The van der Waals surface area contributed by atoms with Crippen LogP contribution in [0.2, 0.25) is 0 Å². The van der Waals surface area contributed by atoms with Gasteiger partial charge in [0.2, 0.25) is 0 Å². The summed E-state index contributed by atoms with van der Waals surface area (Å²) in [7, 11) is 0. The van der Waals surface area contributed by atoms with Gasteiger partial charge < -0.3 is 10.1 Å². The third-order valence-electron chi connectivity index (χ3n) is 4.02. The van der Waals surface area contributed by atoms with E-state index in [2.05, 4.69) is 20.7 Å². The highest BCUT2D eigenvalue weighted by Gasteiger charge is 2.16. The molecule has 1 aromatic carbocycles. The lowest BCUT2D eigenvalue weighted by molar-refractivity contribution is 0.0635. The maximum atomic E-state index is 12.5. The summed E-state index contributed by atoms with van der Waals surface area (Å²) in [6, 6.07) is 12.2. The Labute approximate surface area is 175 Å². The Morgan fingerprint density at radius 3 is 2.10 bits per heavy atom. The molecule has 0 saturated carbocycles. The number of carbonyl (C=O) groups excluding carboxylic acids is 2. The molecule has 2 amide bonds. The number of aryl methyl sites for hydroxylation is 2. The van der Waals surface area contributed by atoms with Crippen molar-refractivity contribution >= 4 is 23.4 Å². The average Bonchev–Trinajstić information content (AvgIpc) is 3.00. The Morgan fingerprint density at radius 1 is 0.967 bits per heavy atom. The summed E-state index contributed by atoms with van der Waals surface area (Å²) < 4.78 is 6.94. The van der Waals surface area contributed by atoms with Gasteiger partial charge in [0.1, 0.15) is 5.60 Å². The van der Waals surface area contributed by atoms with E-state index in [0.717, 1.165) is 11.4 Å². The fraction of sp³-hybridized carbons (Fsp3) is 0.273. The topological polar surface area (TPSA) is 98.1 Å². The normalized spacial score (nSPS) is 11.1. The molecule has 0 aliphatic carbocycles. The summed E-state index contributed by atoms with van der Waals surface area (Å²) in [5.74, 6) is 0.366. The van der Waals surface area contributed by atoms with Gasteiger partial charge in [-0.3, -0.25) is 10.1 Å². The molecule has 0 fully saturated rings. The monoisotopic (exact) mass is 407 g/mol. The molecule has 3 aromatic rings. The summed E-state index contributed by atoms with van der Waals surface area (Å²) in [4.78, 5) is 28.6. The fourth-order valence-corrected chi connectivity index (χ4v) is 2.77. The van der Waals surface area contributed by atoms with Crippen molar-refractivity contribution in [2.45, 2.75) is 40.2 Å². The van der Waals surface area contributed by atoms with Crippen molar-refractivity contribution in [3.63, 3.8) is 0 Å². The number of hydrogen-bond donors (Lipinski definition) is 2. The number of aromatic nitrogens is 3. The van der Waals surface area contributed by atoms with E-state index in [9.17, 15) is 9.59 Å². The first kappa shape index (κ1) is 21.0. The number of nitrogens with one attached hydrogen (secondary N) is 2. The number of anilines is 2. The van der Waals surface area contributed by atoms with Crippen molar-refractivity contribution in [2.75, 3.05) is 10.6 Å². The zero-order valence-corrected chi connectivity index (χ0v) is 17.7. The molecule has 0 spiro atoms. The number of nitrogens with zero attached hydrogens (tertiary/aromatic N) is 3. The number of ether oxygens (including phenoxy) is 1. The average molecular weight is 407 g/mol. The molecule has 2 aromatic heterocycles. The Kier molecular flexibility index (Phi) is 5.86. The van der Waals surface area contributed by atoms with Crippen LogP contribution in [0.5, 0.6) is 0 Å². The SMILES string of the molecule is Cc1cc(C)n(-c2ccc(C(=O)Nc3ccc(NC(=O)OC(C)(C)C)cc3)cn2)n1. The van der Waals surface area contributed by atoms with Gasteiger partial charge in [-0.1, -0.05) is 0 Å². The molecule has 156 valence electrons. The smallest absolute Gasteiger partial charge is 0.412 e. The number of rotatable bonds is 4. The number of carbonyl (C=O) groups is 2. The number of amides is 2. The van der Waals surface area contributed by atoms with Crippen LogP contribution in [0.4, 0.5) is 16.2 Å². The minimum atomic E-state index is -0.573. The van der Waals surface area contributed by atoms with Gasteiger partial charge in [0.05, 0.1) is 11.3 Å². The molecule has 0 aliphatic rings. The summed E-state index contributed by atoms with van der Waals surface area (Å²) in [5.41, 5.74) is 2.89. The highest BCUT2D eigenvalue weighted by atomic mass is 16.6. The van der Waals surface area contributed by atoms with Crippen LogP contribution in [0, 0.1) is 13.8 Å². The molecule has 8 heteroatoms. The van der Waals surface area contributed by atoms with Crippen LogP contribution in [-0.2, 0) is 4.74 Å². The van der Waals surface area contributed by atoms with E-state index in [4.69, 9.17) is 4.74 Å². The second-order valence-corrected chi connectivity index (χ2v) is 7.90. The van der Waals surface area contributed by atoms with Crippen LogP contribution in [0.15, 0.2) is 48.7 Å². The third kappa shape index (κ3) is 5.44. The van der Waals surface area contributed by atoms with Gasteiger partial charge in [-0.15, -0.1) is 0 Å². The first-order chi connectivity index (χ1) is 14.1. The predicted octanol–water partition coefficient (Wildman–Crippen LogP) is 4.48. The molecule has 2 heterocycles. The summed E-state index contributed by atoms with van der Waals surface area (Å²) in [6.45, 7) is 9.25. The van der Waals surface area contributed by atoms with E-state index in [1.54, 1.807) is 61.9 Å².